The zero-order chi connectivity index (χ0) is 18.9. The van der Waals surface area contributed by atoms with Gasteiger partial charge in [0.25, 0.3) is 0 Å². The fourth-order valence-electron chi connectivity index (χ4n) is 2.68. The third-order valence-corrected chi connectivity index (χ3v) is 4.17. The van der Waals surface area contributed by atoms with Crippen LogP contribution in [0.4, 0.5) is 0 Å². The third-order valence-electron chi connectivity index (χ3n) is 4.17. The van der Waals surface area contributed by atoms with Crippen molar-refractivity contribution in [3.05, 3.63) is 0 Å². The Balaban J connectivity index is 3.71. The van der Waals surface area contributed by atoms with Crippen molar-refractivity contribution >= 4 is 17.8 Å². The number of primary amides is 1. The fourth-order valence-corrected chi connectivity index (χ4v) is 2.68. The summed E-state index contributed by atoms with van der Waals surface area (Å²) in [5.41, 5.74) is 10.5. The molecule has 1 atom stereocenters. The second kappa shape index (κ2) is 15.7. The Hall–Kier alpha value is -1.79. The molecular formula is C18H37N5O2. The van der Waals surface area contributed by atoms with Crippen LogP contribution < -0.4 is 22.1 Å². The lowest BCUT2D eigenvalue weighted by Crippen LogP contribution is -2.44. The predicted molar refractivity (Wildman–Crippen MR) is 102 cm³/mol. The largest absolute Gasteiger partial charge is 0.370 e. The summed E-state index contributed by atoms with van der Waals surface area (Å²) in [4.78, 5) is 23.3. The highest BCUT2D eigenvalue weighted by molar-refractivity contribution is 5.86. The van der Waals surface area contributed by atoms with Crippen LogP contribution in [-0.2, 0) is 9.59 Å². The van der Waals surface area contributed by atoms with Gasteiger partial charge < -0.3 is 22.1 Å². The van der Waals surface area contributed by atoms with Gasteiger partial charge in [0, 0.05) is 13.0 Å². The molecule has 0 radical (unpaired) electrons. The molecule has 0 aliphatic heterocycles. The zero-order valence-electron chi connectivity index (χ0n) is 15.7. The Morgan fingerprint density at radius 3 is 2.00 bits per heavy atom. The van der Waals surface area contributed by atoms with Crippen LogP contribution in [-0.4, -0.2) is 30.4 Å². The normalized spacial score (nSPS) is 11.7. The summed E-state index contributed by atoms with van der Waals surface area (Å²) in [5, 5.41) is 12.4. The lowest BCUT2D eigenvalue weighted by atomic mass is 10.1. The van der Waals surface area contributed by atoms with Crippen molar-refractivity contribution in [3.8, 4) is 0 Å². The topological polar surface area (TPSA) is 134 Å². The van der Waals surface area contributed by atoms with Gasteiger partial charge in [0.2, 0.25) is 11.8 Å². The molecule has 0 rings (SSSR count). The minimum Gasteiger partial charge on any atom is -0.370 e. The van der Waals surface area contributed by atoms with Crippen molar-refractivity contribution in [2.45, 2.75) is 90.0 Å². The number of amides is 2. The molecule has 0 aromatic carbocycles. The number of carbonyl (C=O) groups is 2. The number of hydrogen-bond donors (Lipinski definition) is 5. The first-order valence-corrected chi connectivity index (χ1v) is 9.64. The molecule has 0 aromatic rings. The van der Waals surface area contributed by atoms with Crippen LogP contribution >= 0.6 is 0 Å². The summed E-state index contributed by atoms with van der Waals surface area (Å²) in [6.07, 6.45) is 12.3. The fraction of sp³-hybridized carbons (Fsp3) is 0.833. The Kier molecular flexibility index (Phi) is 14.6. The molecule has 0 saturated heterocycles. The Morgan fingerprint density at radius 1 is 0.920 bits per heavy atom. The van der Waals surface area contributed by atoms with Gasteiger partial charge in [0.15, 0.2) is 5.96 Å². The van der Waals surface area contributed by atoms with Crippen molar-refractivity contribution < 1.29 is 9.59 Å². The lowest BCUT2D eigenvalue weighted by Gasteiger charge is -2.15. The Bertz CT molecular complexity index is 388. The van der Waals surface area contributed by atoms with Gasteiger partial charge >= 0.3 is 0 Å². The molecule has 0 fully saturated rings. The van der Waals surface area contributed by atoms with E-state index in [1.807, 2.05) is 0 Å². The van der Waals surface area contributed by atoms with E-state index in [9.17, 15) is 9.59 Å². The number of hydrogen-bond acceptors (Lipinski definition) is 3. The molecule has 0 bridgehead atoms. The van der Waals surface area contributed by atoms with E-state index >= 15 is 0 Å². The molecule has 7 heteroatoms. The van der Waals surface area contributed by atoms with Crippen molar-refractivity contribution in [2.24, 2.45) is 11.5 Å². The molecule has 1 unspecified atom stereocenters. The standard InChI is InChI=1S/C18H37N5O2/c1-2-3-4-5-6-7-8-9-10-13-16(24)23-15(17(19)25)12-11-14-22-18(20)21/h15H,2-14H2,1H3,(H2,19,25)(H,23,24)(H4,20,21,22). The highest BCUT2D eigenvalue weighted by atomic mass is 16.2. The van der Waals surface area contributed by atoms with E-state index in [0.717, 1.165) is 19.3 Å². The lowest BCUT2D eigenvalue weighted by molar-refractivity contribution is -0.127. The minimum atomic E-state index is -0.653. The third kappa shape index (κ3) is 15.5. The first-order valence-electron chi connectivity index (χ1n) is 9.64. The second-order valence-corrected chi connectivity index (χ2v) is 6.58. The van der Waals surface area contributed by atoms with Crippen LogP contribution in [0.25, 0.3) is 0 Å². The quantitative estimate of drug-likeness (QED) is 0.165. The number of unbranched alkanes of at least 4 members (excludes halogenated alkanes) is 8. The Morgan fingerprint density at radius 2 is 1.48 bits per heavy atom. The molecule has 2 amide bonds. The van der Waals surface area contributed by atoms with E-state index in [0.29, 0.717) is 25.8 Å². The molecule has 0 saturated carbocycles. The van der Waals surface area contributed by atoms with Gasteiger partial charge in [-0.25, -0.2) is 0 Å². The smallest absolute Gasteiger partial charge is 0.240 e. The molecule has 0 heterocycles. The molecule has 146 valence electrons. The maximum Gasteiger partial charge on any atom is 0.240 e. The molecule has 25 heavy (non-hydrogen) atoms. The van der Waals surface area contributed by atoms with E-state index in [1.165, 1.54) is 38.5 Å². The molecule has 0 aromatic heterocycles. The number of nitrogens with two attached hydrogens (primary N) is 2. The van der Waals surface area contributed by atoms with Crippen molar-refractivity contribution in [1.82, 2.24) is 10.6 Å². The molecule has 7 nitrogen and oxygen atoms in total. The van der Waals surface area contributed by atoms with E-state index in [1.54, 1.807) is 0 Å². The van der Waals surface area contributed by atoms with E-state index in [-0.39, 0.29) is 11.9 Å². The molecule has 7 N–H and O–H groups in total. The first-order chi connectivity index (χ1) is 12.0. The summed E-state index contributed by atoms with van der Waals surface area (Å²) in [6, 6.07) is -0.653. The number of carbonyl (C=O) groups excluding carboxylic acids is 2. The molecule has 0 aliphatic carbocycles. The number of guanidine groups is 1. The average molecular weight is 356 g/mol. The minimum absolute atomic E-state index is 0.106. The first kappa shape index (κ1) is 23.2. The van der Waals surface area contributed by atoms with Gasteiger partial charge in [-0.2, -0.15) is 0 Å². The van der Waals surface area contributed by atoms with Crippen LogP contribution in [0, 0.1) is 5.41 Å². The number of nitrogens with one attached hydrogen (secondary N) is 3. The summed E-state index contributed by atoms with van der Waals surface area (Å²) in [6.45, 7) is 2.70. The predicted octanol–water partition coefficient (Wildman–Crippen LogP) is 2.14. The van der Waals surface area contributed by atoms with Gasteiger partial charge in [-0.15, -0.1) is 0 Å². The maximum atomic E-state index is 11.9. The zero-order valence-corrected chi connectivity index (χ0v) is 15.7. The highest BCUT2D eigenvalue weighted by Gasteiger charge is 2.17. The van der Waals surface area contributed by atoms with Gasteiger partial charge in [-0.05, 0) is 19.3 Å². The van der Waals surface area contributed by atoms with E-state index < -0.39 is 11.9 Å². The Labute approximate surface area is 152 Å². The van der Waals surface area contributed by atoms with Gasteiger partial charge in [-0.3, -0.25) is 15.0 Å². The van der Waals surface area contributed by atoms with Crippen LogP contribution in [0.2, 0.25) is 0 Å². The molecular weight excluding hydrogens is 318 g/mol. The maximum absolute atomic E-state index is 11.9. The van der Waals surface area contributed by atoms with Crippen molar-refractivity contribution in [3.63, 3.8) is 0 Å². The monoisotopic (exact) mass is 355 g/mol. The van der Waals surface area contributed by atoms with Crippen molar-refractivity contribution in [1.29, 1.82) is 5.41 Å². The highest BCUT2D eigenvalue weighted by Crippen LogP contribution is 2.10. The summed E-state index contributed by atoms with van der Waals surface area (Å²) in [7, 11) is 0. The second-order valence-electron chi connectivity index (χ2n) is 6.58. The van der Waals surface area contributed by atoms with Crippen molar-refractivity contribution in [2.75, 3.05) is 6.54 Å². The van der Waals surface area contributed by atoms with Crippen LogP contribution in [0.1, 0.15) is 84.0 Å². The summed E-state index contributed by atoms with van der Waals surface area (Å²) < 4.78 is 0. The van der Waals surface area contributed by atoms with Crippen LogP contribution in [0.5, 0.6) is 0 Å². The van der Waals surface area contributed by atoms with E-state index in [2.05, 4.69) is 17.6 Å². The van der Waals surface area contributed by atoms with Gasteiger partial charge in [-0.1, -0.05) is 58.3 Å². The summed E-state index contributed by atoms with van der Waals surface area (Å²) in [5.74, 6) is -0.750. The van der Waals surface area contributed by atoms with Crippen LogP contribution in [0.15, 0.2) is 0 Å². The van der Waals surface area contributed by atoms with E-state index in [4.69, 9.17) is 16.9 Å². The van der Waals surface area contributed by atoms with Gasteiger partial charge in [0.05, 0.1) is 0 Å². The average Bonchev–Trinajstić information content (AvgIpc) is 2.55. The SMILES string of the molecule is CCCCCCCCCCCC(=O)NC(CCCNC(=N)N)C(N)=O. The molecule has 0 aliphatic rings. The molecule has 0 spiro atoms. The van der Waals surface area contributed by atoms with Gasteiger partial charge in [0.1, 0.15) is 6.04 Å². The van der Waals surface area contributed by atoms with Crippen LogP contribution in [0.3, 0.4) is 0 Å². The number of rotatable bonds is 16. The summed E-state index contributed by atoms with van der Waals surface area (Å²) >= 11 is 0.